The molecule has 106 heavy (non-hydrogen) atoms. The van der Waals surface area contributed by atoms with Crippen molar-refractivity contribution in [1.29, 1.82) is 0 Å². The van der Waals surface area contributed by atoms with Gasteiger partial charge in [-0.05, 0) is 204 Å². The van der Waals surface area contributed by atoms with E-state index in [1.54, 1.807) is 51.3 Å². The number of nitrogens with one attached hydrogen (secondary N) is 4. The molecule has 10 N–H and O–H groups in total. The van der Waals surface area contributed by atoms with Gasteiger partial charge in [-0.25, -0.2) is 19.2 Å². The van der Waals surface area contributed by atoms with Crippen molar-refractivity contribution >= 4 is 71.4 Å². The van der Waals surface area contributed by atoms with Gasteiger partial charge in [-0.3, -0.25) is 59.6 Å². The zero-order chi connectivity index (χ0) is 79.1. The van der Waals surface area contributed by atoms with Crippen molar-refractivity contribution in [3.63, 3.8) is 0 Å². The van der Waals surface area contributed by atoms with E-state index in [9.17, 15) is 88.2 Å². The van der Waals surface area contributed by atoms with Crippen LogP contribution in [0.4, 0.5) is 0 Å². The Hall–Kier alpha value is -6.52. The van der Waals surface area contributed by atoms with Gasteiger partial charge >= 0.3 is 47.8 Å². The minimum absolute atomic E-state index is 0.00254. The number of nitrogens with zero attached hydrogens (tertiary/aromatic N) is 4. The Bertz CT molecular complexity index is 2930. The highest BCUT2D eigenvalue weighted by Gasteiger charge is 2.53. The molecule has 8 rings (SSSR count). The van der Waals surface area contributed by atoms with Gasteiger partial charge in [0, 0.05) is 24.2 Å². The average molecular weight is 1500 g/mol. The molecule has 0 unspecified atom stereocenters. The Morgan fingerprint density at radius 2 is 0.557 bits per heavy atom. The van der Waals surface area contributed by atoms with Gasteiger partial charge in [-0.2, -0.15) is 0 Å². The molecule has 0 radical (unpaired) electrons. The molecule has 4 aliphatic carbocycles. The fourth-order valence-electron chi connectivity index (χ4n) is 17.8. The van der Waals surface area contributed by atoms with Crippen LogP contribution in [0.2, 0.25) is 0 Å². The summed E-state index contributed by atoms with van der Waals surface area (Å²) in [5, 5.41) is 69.2. The smallest absolute Gasteiger partial charge is 0.326 e. The van der Waals surface area contributed by atoms with Crippen LogP contribution in [0, 0.1) is 47.3 Å². The van der Waals surface area contributed by atoms with E-state index in [1.807, 2.05) is 41.5 Å². The van der Waals surface area contributed by atoms with Gasteiger partial charge in [0.15, 0.2) is 0 Å². The minimum atomic E-state index is -0.986. The summed E-state index contributed by atoms with van der Waals surface area (Å²) in [6.45, 7) is 26.9. The maximum Gasteiger partial charge on any atom is 0.326 e. The summed E-state index contributed by atoms with van der Waals surface area (Å²) in [6, 6.07) is -8.62. The topological polar surface area (TPSA) is 406 Å². The summed E-state index contributed by atoms with van der Waals surface area (Å²) in [4.78, 5) is 153. The number of amides is 4. The highest BCUT2D eigenvalue weighted by molar-refractivity contribution is 5.91. The van der Waals surface area contributed by atoms with Crippen molar-refractivity contribution in [2.24, 2.45) is 47.3 Å². The van der Waals surface area contributed by atoms with Crippen molar-refractivity contribution in [1.82, 2.24) is 40.9 Å². The van der Waals surface area contributed by atoms with Gasteiger partial charge in [0.25, 0.3) is 0 Å². The summed E-state index contributed by atoms with van der Waals surface area (Å²) in [5.74, 6) is -5.22. The number of fused-ring (bicyclic) bond motifs is 4. The summed E-state index contributed by atoms with van der Waals surface area (Å²) < 4.78 is 10.3. The molecule has 8 fully saturated rings. The van der Waals surface area contributed by atoms with E-state index in [0.717, 1.165) is 116 Å². The fourth-order valence-corrected chi connectivity index (χ4v) is 17.8. The molecule has 28 nitrogen and oxygen atoms in total. The predicted octanol–water partition coefficient (Wildman–Crippen LogP) is 8.57. The Labute approximate surface area is 628 Å². The fraction of sp³-hybridized carbons (Fsp3) is 0.846. The third-order valence-corrected chi connectivity index (χ3v) is 23.0. The first-order chi connectivity index (χ1) is 49.9. The number of rotatable bonds is 32. The van der Waals surface area contributed by atoms with Crippen LogP contribution in [0.5, 0.6) is 0 Å². The molecule has 0 bridgehead atoms. The van der Waals surface area contributed by atoms with Gasteiger partial charge < -0.3 is 59.7 Å². The van der Waals surface area contributed by atoms with Crippen molar-refractivity contribution in [2.75, 3.05) is 13.2 Å². The number of ether oxygens (including phenoxy) is 2. The van der Waals surface area contributed by atoms with E-state index in [1.165, 1.54) is 9.80 Å². The Balaban J connectivity index is 0.000000254. The summed E-state index contributed by atoms with van der Waals surface area (Å²) in [5.41, 5.74) is 0. The number of carboxylic acid groups (broad SMARTS) is 6. The van der Waals surface area contributed by atoms with E-state index in [4.69, 9.17) is 9.47 Å². The van der Waals surface area contributed by atoms with Gasteiger partial charge in [0.1, 0.15) is 48.3 Å². The molecule has 4 amide bonds. The predicted molar refractivity (Wildman–Crippen MR) is 396 cm³/mol. The number of esters is 2. The average Bonchev–Trinajstić information content (AvgIpc) is 1.66. The SMILES string of the molecule is CC(C)CC[C@H](N[C@@H](C)C(=O)N1[C@H](C(=O)O)C[C@H]2CCCC[C@@H]21)C(=O)O.CC(C)C[C@H](N[C@@H](C)C(=O)N1[C@H](C(=O)O)C[C@H]2CCCC[C@@H]21)C(=O)O.CCOC(=O)[C@H](CC(C)C)N[C@@H](C)C(=O)N1[C@H](C(=O)O)C[C@H]2CCCC[C@@H]21.CCOC(=O)[C@H](CCC(C)C)N[C@@H](C)C(=O)N1[C@H](C(=O)O)C[C@H]2CCCC[C@@H]21. The number of hydrogen-bond donors (Lipinski definition) is 10. The van der Waals surface area contributed by atoms with Crippen LogP contribution >= 0.6 is 0 Å². The zero-order valence-electron chi connectivity index (χ0n) is 65.8. The molecule has 20 atom stereocenters. The molecular weight excluding hydrogens is 1370 g/mol. The van der Waals surface area contributed by atoms with Crippen LogP contribution in [-0.2, 0) is 67.0 Å². The second kappa shape index (κ2) is 43.0. The highest BCUT2D eigenvalue weighted by atomic mass is 16.5. The molecule has 8 aliphatic rings. The molecule has 4 aliphatic heterocycles. The molecule has 4 saturated carbocycles. The molecule has 4 saturated heterocycles. The van der Waals surface area contributed by atoms with Crippen LogP contribution in [0.15, 0.2) is 0 Å². The number of likely N-dealkylation sites (tertiary alicyclic amines) is 4. The number of carboxylic acids is 6. The van der Waals surface area contributed by atoms with Crippen LogP contribution < -0.4 is 21.3 Å². The zero-order valence-corrected chi connectivity index (χ0v) is 65.8. The lowest BCUT2D eigenvalue weighted by Crippen LogP contribution is -2.55. The van der Waals surface area contributed by atoms with Crippen LogP contribution in [0.3, 0.4) is 0 Å². The van der Waals surface area contributed by atoms with Gasteiger partial charge in [-0.1, -0.05) is 107 Å². The Kier molecular flexibility index (Phi) is 36.6. The lowest BCUT2D eigenvalue weighted by atomic mass is 9.84. The molecule has 28 heteroatoms. The summed E-state index contributed by atoms with van der Waals surface area (Å²) in [7, 11) is 0. The van der Waals surface area contributed by atoms with E-state index in [2.05, 4.69) is 35.1 Å². The molecule has 0 aromatic heterocycles. The van der Waals surface area contributed by atoms with Crippen LogP contribution in [0.25, 0.3) is 0 Å². The van der Waals surface area contributed by atoms with Gasteiger partial charge in [0.2, 0.25) is 23.6 Å². The second-order valence-electron chi connectivity index (χ2n) is 32.9. The van der Waals surface area contributed by atoms with E-state index >= 15 is 0 Å². The number of carbonyl (C=O) groups is 12. The summed E-state index contributed by atoms with van der Waals surface area (Å²) in [6.07, 6.45) is 21.4. The first kappa shape index (κ1) is 90.1. The maximum absolute atomic E-state index is 13.2. The molecule has 4 heterocycles. The molecular formula is C78H132N8O20. The van der Waals surface area contributed by atoms with Crippen molar-refractivity contribution in [3.05, 3.63) is 0 Å². The minimum Gasteiger partial charge on any atom is -0.480 e. The normalized spacial score (nSPS) is 27.5. The monoisotopic (exact) mass is 1500 g/mol. The molecule has 0 spiro atoms. The van der Waals surface area contributed by atoms with E-state index in [-0.39, 0.29) is 108 Å². The lowest BCUT2D eigenvalue weighted by Gasteiger charge is -2.35. The third-order valence-electron chi connectivity index (χ3n) is 23.0. The van der Waals surface area contributed by atoms with Crippen molar-refractivity contribution < 1.29 is 97.6 Å². The molecule has 604 valence electrons. The van der Waals surface area contributed by atoms with Gasteiger partial charge in [-0.15, -0.1) is 0 Å². The molecule has 0 aromatic carbocycles. The summed E-state index contributed by atoms with van der Waals surface area (Å²) >= 11 is 0. The number of aliphatic carboxylic acids is 6. The first-order valence-corrected chi connectivity index (χ1v) is 40.0. The number of carbonyl (C=O) groups excluding carboxylic acids is 6. The lowest BCUT2D eigenvalue weighted by molar-refractivity contribution is -0.152. The molecule has 0 aromatic rings. The van der Waals surface area contributed by atoms with Crippen LogP contribution in [-0.4, -0.2) is 232 Å². The number of hydrogen-bond acceptors (Lipinski definition) is 18. The largest absolute Gasteiger partial charge is 0.480 e. The quantitative estimate of drug-likeness (QED) is 0.0282. The maximum atomic E-state index is 13.2. The third kappa shape index (κ3) is 25.3. The standard InChI is InChI=1S/C21H36N2O5.C20H34N2O5.C19H32N2O5.C18H30N2O5/c1-5-28-21(27)16(11-10-13(2)3)22-14(4)19(24)23-17-9-7-6-8-15(17)12-18(23)20(25)26;1-5-27-20(26)15(10-12(2)3)21-13(4)18(23)22-16-9-7-6-8-14(16)11-17(22)19(24)25;1-11(2)8-9-14(18(23)24)20-12(3)17(22)21-15-7-5-4-6-13(15)10-16(21)19(25)26;1-10(2)8-13(17(22)23)19-11(3)16(21)20-14-7-5-4-6-12(14)9-15(20)18(24)25/h13-18,22H,5-12H2,1-4H3,(H,25,26);12-17,21H,5-11H2,1-4H3,(H,24,25);11-16,20H,4-10H2,1-3H3,(H,23,24)(H,25,26);10-15,19H,4-9H2,1-3H3,(H,22,23)(H,24,25)/t14-,15+,16-,17-,18-;13-,14+,15-,16-,17-;12-,13+,14-,15-,16-;11-,12+,13-,14-,15-/m0000/s1. The van der Waals surface area contributed by atoms with Crippen molar-refractivity contribution in [3.8, 4) is 0 Å². The first-order valence-electron chi connectivity index (χ1n) is 40.0. The highest BCUT2D eigenvalue weighted by Crippen LogP contribution is 2.44. The van der Waals surface area contributed by atoms with E-state index in [0.29, 0.717) is 63.2 Å². The van der Waals surface area contributed by atoms with E-state index < -0.39 is 108 Å². The Morgan fingerprint density at radius 3 is 0.811 bits per heavy atom. The van der Waals surface area contributed by atoms with Crippen molar-refractivity contribution in [2.45, 2.75) is 361 Å². The van der Waals surface area contributed by atoms with Crippen LogP contribution in [0.1, 0.15) is 264 Å². The Morgan fingerprint density at radius 1 is 0.321 bits per heavy atom. The second-order valence-corrected chi connectivity index (χ2v) is 32.9. The van der Waals surface area contributed by atoms with Gasteiger partial charge in [0.05, 0.1) is 37.4 Å².